The van der Waals surface area contributed by atoms with Crippen molar-refractivity contribution < 1.29 is 0 Å². The van der Waals surface area contributed by atoms with E-state index >= 15 is 0 Å². The first-order valence-corrected chi connectivity index (χ1v) is 17.4. The first-order chi connectivity index (χ1) is 24.3. The molecule has 6 aromatic rings. The van der Waals surface area contributed by atoms with Crippen LogP contribution < -0.4 is 5.32 Å². The SMILES string of the molecule is C1=CC2=C(/C=C\c3ccc(-c4ccc5c6ccccc6n(-c6cccc(Cc7ccccc7)c6)c5c4)cc3C/C=C\C=C/CN/C=C/2)CC1. The molecule has 2 nitrogen and oxygen atoms in total. The van der Waals surface area contributed by atoms with E-state index in [2.05, 4.69) is 186 Å². The van der Waals surface area contributed by atoms with Gasteiger partial charge in [0.15, 0.2) is 0 Å². The molecule has 1 aromatic heterocycles. The van der Waals surface area contributed by atoms with Gasteiger partial charge in [0.25, 0.3) is 0 Å². The molecule has 0 saturated heterocycles. The smallest absolute Gasteiger partial charge is 0.0547 e. The molecule has 1 aliphatic heterocycles. The highest BCUT2D eigenvalue weighted by Crippen LogP contribution is 2.36. The van der Waals surface area contributed by atoms with Crippen LogP contribution in [0.3, 0.4) is 0 Å². The van der Waals surface area contributed by atoms with Gasteiger partial charge in [0.05, 0.1) is 11.0 Å². The van der Waals surface area contributed by atoms with Crippen LogP contribution in [-0.2, 0) is 12.8 Å². The summed E-state index contributed by atoms with van der Waals surface area (Å²) in [6.45, 7) is 0.806. The zero-order valence-electron chi connectivity index (χ0n) is 27.7. The van der Waals surface area contributed by atoms with Gasteiger partial charge in [-0.15, -0.1) is 0 Å². The zero-order valence-corrected chi connectivity index (χ0v) is 27.7. The Bertz CT molecular complexity index is 2320. The van der Waals surface area contributed by atoms with Crippen LogP contribution in [0.1, 0.15) is 35.1 Å². The summed E-state index contributed by atoms with van der Waals surface area (Å²) < 4.78 is 2.44. The molecule has 5 aromatic carbocycles. The monoisotopic (exact) mass is 632 g/mol. The maximum Gasteiger partial charge on any atom is 0.0547 e. The molecule has 0 bridgehead atoms. The summed E-state index contributed by atoms with van der Waals surface area (Å²) in [4.78, 5) is 0. The molecule has 8 rings (SSSR count). The van der Waals surface area contributed by atoms with Crippen molar-refractivity contribution in [2.24, 2.45) is 0 Å². The fourth-order valence-electron chi connectivity index (χ4n) is 7.13. The first-order valence-electron chi connectivity index (χ1n) is 17.4. The average Bonchev–Trinajstić information content (AvgIpc) is 3.47. The van der Waals surface area contributed by atoms with Crippen molar-refractivity contribution in [3.05, 3.63) is 203 Å². The Balaban J connectivity index is 1.21. The van der Waals surface area contributed by atoms with Gasteiger partial charge in [-0.05, 0) is 107 Å². The van der Waals surface area contributed by atoms with Gasteiger partial charge in [0.2, 0.25) is 0 Å². The van der Waals surface area contributed by atoms with Crippen LogP contribution in [0.2, 0.25) is 0 Å². The number of fused-ring (bicyclic) bond motifs is 4. The molecule has 49 heavy (non-hydrogen) atoms. The van der Waals surface area contributed by atoms with Gasteiger partial charge in [-0.1, -0.05) is 140 Å². The molecular weight excluding hydrogens is 593 g/mol. The molecule has 0 spiro atoms. The van der Waals surface area contributed by atoms with Gasteiger partial charge < -0.3 is 9.88 Å². The number of benzene rings is 5. The minimum atomic E-state index is 0.806. The third kappa shape index (κ3) is 6.64. The number of hydrogen-bond acceptors (Lipinski definition) is 1. The Morgan fingerprint density at radius 2 is 1.41 bits per heavy atom. The van der Waals surface area contributed by atoms with Crippen LogP contribution >= 0.6 is 0 Å². The topological polar surface area (TPSA) is 17.0 Å². The van der Waals surface area contributed by atoms with Crippen molar-refractivity contribution in [1.82, 2.24) is 9.88 Å². The first kappa shape index (κ1) is 30.5. The van der Waals surface area contributed by atoms with Crippen LogP contribution in [0, 0.1) is 0 Å². The van der Waals surface area contributed by atoms with Crippen molar-refractivity contribution >= 4 is 27.9 Å². The van der Waals surface area contributed by atoms with E-state index in [1.807, 2.05) is 0 Å². The molecule has 0 unspecified atom stereocenters. The van der Waals surface area contributed by atoms with Gasteiger partial charge in [-0.3, -0.25) is 0 Å². The van der Waals surface area contributed by atoms with E-state index < -0.39 is 0 Å². The Morgan fingerprint density at radius 3 is 2.37 bits per heavy atom. The van der Waals surface area contributed by atoms with E-state index in [1.165, 1.54) is 72.0 Å². The van der Waals surface area contributed by atoms with Crippen LogP contribution in [0.25, 0.3) is 44.7 Å². The summed E-state index contributed by atoms with van der Waals surface area (Å²) in [6.07, 6.45) is 26.0. The second-order valence-electron chi connectivity index (χ2n) is 12.9. The number of para-hydroxylation sites is 1. The lowest BCUT2D eigenvalue weighted by molar-refractivity contribution is 0.966. The maximum absolute atomic E-state index is 3.38. The molecule has 0 fully saturated rings. The fraction of sp³-hybridized carbons (Fsp3) is 0.106. The highest BCUT2D eigenvalue weighted by molar-refractivity contribution is 6.10. The molecule has 1 N–H and O–H groups in total. The molecule has 2 heteroatoms. The summed E-state index contributed by atoms with van der Waals surface area (Å²) in [5, 5.41) is 5.93. The zero-order chi connectivity index (χ0) is 32.8. The van der Waals surface area contributed by atoms with Crippen molar-refractivity contribution in [2.45, 2.75) is 25.7 Å². The second kappa shape index (κ2) is 14.1. The molecule has 0 atom stereocenters. The van der Waals surface area contributed by atoms with E-state index in [4.69, 9.17) is 0 Å². The molecular formula is C47H40N2. The summed E-state index contributed by atoms with van der Waals surface area (Å²) in [6, 6.07) is 42.5. The average molecular weight is 633 g/mol. The standard InChI is InChI=1S/C47H40N2/c1-2-11-29-48-30-28-38-17-8-7-16-37(38)22-23-39-24-25-41(33-40(39)18-6-1)42-26-27-45-44-20-9-10-21-46(44)49(47(45)34-42)43-19-12-15-36(32-43)31-35-13-4-3-5-14-35/h1-6,8-15,17,19-28,30,32-34,48H,7,16,18,29,31H2/b6-1-,11-2-,23-22-,30-28+. The lowest BCUT2D eigenvalue weighted by Crippen LogP contribution is -2.03. The molecule has 2 heterocycles. The number of nitrogens with zero attached hydrogens (tertiary/aromatic N) is 1. The van der Waals surface area contributed by atoms with Crippen LogP contribution in [0.4, 0.5) is 0 Å². The van der Waals surface area contributed by atoms with Crippen molar-refractivity contribution in [3.8, 4) is 16.8 Å². The number of rotatable bonds is 4. The van der Waals surface area contributed by atoms with E-state index in [0.717, 1.165) is 32.2 Å². The predicted octanol–water partition coefficient (Wildman–Crippen LogP) is 11.5. The molecule has 238 valence electrons. The Kier molecular flexibility index (Phi) is 8.76. The highest BCUT2D eigenvalue weighted by Gasteiger charge is 2.14. The van der Waals surface area contributed by atoms with Crippen LogP contribution in [0.15, 0.2) is 181 Å². The maximum atomic E-state index is 3.38. The Hall–Kier alpha value is -5.86. The van der Waals surface area contributed by atoms with Crippen molar-refractivity contribution in [3.63, 3.8) is 0 Å². The second-order valence-corrected chi connectivity index (χ2v) is 12.9. The minimum Gasteiger partial charge on any atom is -0.387 e. The van der Waals surface area contributed by atoms with Gasteiger partial charge in [-0.2, -0.15) is 0 Å². The quantitative estimate of drug-likeness (QED) is 0.205. The summed E-state index contributed by atoms with van der Waals surface area (Å²) >= 11 is 0. The van der Waals surface area contributed by atoms with Crippen molar-refractivity contribution in [2.75, 3.05) is 6.54 Å². The molecule has 0 amide bonds. The van der Waals surface area contributed by atoms with Gasteiger partial charge >= 0.3 is 0 Å². The lowest BCUT2D eigenvalue weighted by Gasteiger charge is -2.13. The summed E-state index contributed by atoms with van der Waals surface area (Å²) in [5.41, 5.74) is 14.0. The Morgan fingerprint density at radius 1 is 0.592 bits per heavy atom. The summed E-state index contributed by atoms with van der Waals surface area (Å²) in [5.74, 6) is 0. The fourth-order valence-corrected chi connectivity index (χ4v) is 7.13. The number of hydrogen-bond donors (Lipinski definition) is 1. The normalized spacial score (nSPS) is 17.4. The largest absolute Gasteiger partial charge is 0.387 e. The van der Waals surface area contributed by atoms with E-state index in [-0.39, 0.29) is 0 Å². The van der Waals surface area contributed by atoms with Gasteiger partial charge in [0.1, 0.15) is 0 Å². The van der Waals surface area contributed by atoms with E-state index in [1.54, 1.807) is 0 Å². The number of nitrogens with one attached hydrogen (secondary N) is 1. The molecule has 0 radical (unpaired) electrons. The molecule has 2 aliphatic rings. The van der Waals surface area contributed by atoms with E-state index in [9.17, 15) is 0 Å². The number of allylic oxidation sites excluding steroid dienone is 9. The van der Waals surface area contributed by atoms with Crippen molar-refractivity contribution in [1.29, 1.82) is 0 Å². The third-order valence-corrected chi connectivity index (χ3v) is 9.62. The minimum absolute atomic E-state index is 0.806. The molecule has 0 saturated carbocycles. The van der Waals surface area contributed by atoms with Crippen LogP contribution in [-0.4, -0.2) is 11.1 Å². The molecule has 1 aliphatic carbocycles. The lowest BCUT2D eigenvalue weighted by atomic mass is 9.93. The van der Waals surface area contributed by atoms with Crippen LogP contribution in [0.5, 0.6) is 0 Å². The predicted molar refractivity (Wildman–Crippen MR) is 209 cm³/mol. The number of aromatic nitrogens is 1. The van der Waals surface area contributed by atoms with Gasteiger partial charge in [0, 0.05) is 23.0 Å². The third-order valence-electron chi connectivity index (χ3n) is 9.62. The van der Waals surface area contributed by atoms with E-state index in [0.29, 0.717) is 0 Å². The Labute approximate surface area is 289 Å². The van der Waals surface area contributed by atoms with Gasteiger partial charge in [-0.25, -0.2) is 0 Å². The summed E-state index contributed by atoms with van der Waals surface area (Å²) in [7, 11) is 0. The highest BCUT2D eigenvalue weighted by atomic mass is 15.0.